The summed E-state index contributed by atoms with van der Waals surface area (Å²) in [5, 5.41) is 10.3. The van der Waals surface area contributed by atoms with Crippen molar-refractivity contribution in [1.82, 2.24) is 0 Å². The van der Waals surface area contributed by atoms with Gasteiger partial charge in [-0.25, -0.2) is 0 Å². The molecule has 0 saturated heterocycles. The number of ether oxygens (including phenoxy) is 1. The second kappa shape index (κ2) is 7.80. The van der Waals surface area contributed by atoms with E-state index in [1.165, 1.54) is 13.8 Å². The third kappa shape index (κ3) is 3.77. The van der Waals surface area contributed by atoms with E-state index >= 15 is 0 Å². The van der Waals surface area contributed by atoms with Gasteiger partial charge in [-0.2, -0.15) is 52.7 Å². The fourth-order valence-electron chi connectivity index (χ4n) is 7.30. The van der Waals surface area contributed by atoms with Crippen molar-refractivity contribution in [2.24, 2.45) is 28.6 Å². The molecular weight excluding hydrogens is 512 g/mol. The molecule has 0 amide bonds. The standard InChI is InChI=1S/C21H26F12O2/c1-10(2)11(3)35-17(20(28,29)30,21(31,32)33)15-7-12-4-13(8-15)6-14(5-12,9-15)16(34,18(22,23)24)19(25,26)27/h10-13,34H,4-9H2,1-3H3. The molecule has 14 heteroatoms. The molecule has 2 nitrogen and oxygen atoms in total. The van der Waals surface area contributed by atoms with Gasteiger partial charge in [0, 0.05) is 10.8 Å². The summed E-state index contributed by atoms with van der Waals surface area (Å²) in [5.41, 5.74) is -17.0. The number of alkyl halides is 12. The van der Waals surface area contributed by atoms with Crippen LogP contribution in [0.5, 0.6) is 0 Å². The van der Waals surface area contributed by atoms with E-state index in [0.717, 1.165) is 6.92 Å². The molecule has 0 heterocycles. The Bertz CT molecular complexity index is 765. The van der Waals surface area contributed by atoms with Crippen LogP contribution in [0.4, 0.5) is 52.7 Å². The average Bonchev–Trinajstić information content (AvgIpc) is 2.59. The Morgan fingerprint density at radius 1 is 0.657 bits per heavy atom. The van der Waals surface area contributed by atoms with Crippen molar-refractivity contribution in [2.45, 2.75) is 101 Å². The summed E-state index contributed by atoms with van der Waals surface area (Å²) in [6, 6.07) is 0. The van der Waals surface area contributed by atoms with Crippen LogP contribution in [0, 0.1) is 28.6 Å². The van der Waals surface area contributed by atoms with Crippen LogP contribution in [0.2, 0.25) is 0 Å². The molecule has 3 unspecified atom stereocenters. The minimum atomic E-state index is -6.39. The predicted octanol–water partition coefficient (Wildman–Crippen LogP) is 7.35. The van der Waals surface area contributed by atoms with Gasteiger partial charge in [-0.15, -0.1) is 0 Å². The monoisotopic (exact) mass is 538 g/mol. The quantitative estimate of drug-likeness (QED) is 0.371. The highest BCUT2D eigenvalue weighted by molar-refractivity contribution is 5.24. The van der Waals surface area contributed by atoms with Crippen LogP contribution in [0.1, 0.15) is 59.3 Å². The third-order valence-electron chi connectivity index (χ3n) is 8.50. The number of halogens is 12. The van der Waals surface area contributed by atoms with Gasteiger partial charge >= 0.3 is 24.7 Å². The summed E-state index contributed by atoms with van der Waals surface area (Å²) >= 11 is 0. The highest BCUT2D eigenvalue weighted by Crippen LogP contribution is 2.77. The Morgan fingerprint density at radius 3 is 1.34 bits per heavy atom. The fourth-order valence-corrected chi connectivity index (χ4v) is 7.30. The molecule has 4 aliphatic carbocycles. The van der Waals surface area contributed by atoms with Crippen LogP contribution in [-0.2, 0) is 4.74 Å². The molecule has 0 spiro atoms. The van der Waals surface area contributed by atoms with E-state index in [2.05, 4.69) is 0 Å². The molecule has 1 N–H and O–H groups in total. The first-order valence-corrected chi connectivity index (χ1v) is 11.1. The van der Waals surface area contributed by atoms with E-state index in [-0.39, 0.29) is 6.42 Å². The number of rotatable bonds is 5. The first kappa shape index (κ1) is 28.6. The molecule has 0 aromatic heterocycles. The molecule has 4 aliphatic rings. The van der Waals surface area contributed by atoms with Crippen molar-refractivity contribution in [3.63, 3.8) is 0 Å². The number of hydrogen-bond donors (Lipinski definition) is 1. The summed E-state index contributed by atoms with van der Waals surface area (Å²) in [4.78, 5) is 0. The molecular formula is C21H26F12O2. The van der Waals surface area contributed by atoms with Crippen molar-refractivity contribution in [3.05, 3.63) is 0 Å². The molecule has 35 heavy (non-hydrogen) atoms. The van der Waals surface area contributed by atoms with Crippen molar-refractivity contribution < 1.29 is 62.5 Å². The van der Waals surface area contributed by atoms with Crippen LogP contribution in [-0.4, -0.2) is 47.1 Å². The SMILES string of the molecule is CC(C)C(C)OC(C(F)(F)F)(C(F)(F)F)C12CC3CC(CC(C(O)(C(F)(F)F)C(F)(F)F)(C3)C1)C2. The van der Waals surface area contributed by atoms with Gasteiger partial charge in [0.25, 0.3) is 11.2 Å². The van der Waals surface area contributed by atoms with E-state index in [9.17, 15) is 57.8 Å². The zero-order chi connectivity index (χ0) is 27.3. The maximum atomic E-state index is 14.5. The molecule has 206 valence electrons. The highest BCUT2D eigenvalue weighted by Gasteiger charge is 2.88. The second-order valence-corrected chi connectivity index (χ2v) is 11.0. The van der Waals surface area contributed by atoms with Crippen LogP contribution >= 0.6 is 0 Å². The lowest BCUT2D eigenvalue weighted by molar-refractivity contribution is -0.460. The topological polar surface area (TPSA) is 29.5 Å². The lowest BCUT2D eigenvalue weighted by atomic mass is 9.37. The minimum absolute atomic E-state index is 0.124. The molecule has 0 aliphatic heterocycles. The lowest BCUT2D eigenvalue weighted by Crippen LogP contribution is -2.78. The van der Waals surface area contributed by atoms with E-state index in [1.54, 1.807) is 0 Å². The summed E-state index contributed by atoms with van der Waals surface area (Å²) < 4.78 is 175. The van der Waals surface area contributed by atoms with Crippen molar-refractivity contribution in [2.75, 3.05) is 0 Å². The Morgan fingerprint density at radius 2 is 1.03 bits per heavy atom. The van der Waals surface area contributed by atoms with E-state index in [0.29, 0.717) is 0 Å². The predicted molar refractivity (Wildman–Crippen MR) is 96.8 cm³/mol. The fraction of sp³-hybridized carbons (Fsp3) is 1.00. The summed E-state index contributed by atoms with van der Waals surface area (Å²) in [6.07, 6.45) is -32.6. The second-order valence-electron chi connectivity index (χ2n) is 11.0. The maximum Gasteiger partial charge on any atom is 0.427 e. The van der Waals surface area contributed by atoms with Crippen molar-refractivity contribution in [3.8, 4) is 0 Å². The van der Waals surface area contributed by atoms with Crippen LogP contribution in [0.15, 0.2) is 0 Å². The van der Waals surface area contributed by atoms with Gasteiger partial charge in [-0.05, 0) is 63.2 Å². The van der Waals surface area contributed by atoms with Gasteiger partial charge in [-0.3, -0.25) is 0 Å². The zero-order valence-electron chi connectivity index (χ0n) is 18.9. The molecule has 4 bridgehead atoms. The summed E-state index contributed by atoms with van der Waals surface area (Å²) in [5.74, 6) is -3.51. The third-order valence-corrected chi connectivity index (χ3v) is 8.50. The first-order valence-electron chi connectivity index (χ1n) is 11.1. The molecule has 4 saturated carbocycles. The van der Waals surface area contributed by atoms with E-state index < -0.39 is 103 Å². The van der Waals surface area contributed by atoms with Crippen LogP contribution < -0.4 is 0 Å². The Hall–Kier alpha value is -0.920. The zero-order valence-corrected chi connectivity index (χ0v) is 18.9. The van der Waals surface area contributed by atoms with E-state index in [4.69, 9.17) is 4.74 Å². The smallest absolute Gasteiger partial charge is 0.373 e. The maximum absolute atomic E-state index is 14.5. The van der Waals surface area contributed by atoms with Gasteiger partial charge in [0.1, 0.15) is 0 Å². The minimum Gasteiger partial charge on any atom is -0.373 e. The van der Waals surface area contributed by atoms with E-state index in [1.807, 2.05) is 0 Å². The number of hydrogen-bond acceptors (Lipinski definition) is 2. The number of aliphatic hydroxyl groups is 1. The van der Waals surface area contributed by atoms with Gasteiger partial charge in [0.15, 0.2) is 0 Å². The normalized spacial score (nSPS) is 33.5. The molecule has 4 rings (SSSR count). The van der Waals surface area contributed by atoms with Crippen molar-refractivity contribution in [1.29, 1.82) is 0 Å². The summed E-state index contributed by atoms with van der Waals surface area (Å²) in [6.45, 7) is 3.49. The largest absolute Gasteiger partial charge is 0.427 e. The van der Waals surface area contributed by atoms with Crippen LogP contribution in [0.3, 0.4) is 0 Å². The van der Waals surface area contributed by atoms with Crippen molar-refractivity contribution >= 4 is 0 Å². The Balaban J connectivity index is 2.33. The molecule has 4 fully saturated rings. The molecule has 0 aromatic rings. The Kier molecular flexibility index (Phi) is 6.38. The van der Waals surface area contributed by atoms with Gasteiger partial charge in [-0.1, -0.05) is 13.8 Å². The summed E-state index contributed by atoms with van der Waals surface area (Å²) in [7, 11) is 0. The lowest BCUT2D eigenvalue weighted by Gasteiger charge is -2.69. The first-order chi connectivity index (χ1) is 15.4. The van der Waals surface area contributed by atoms with Gasteiger partial charge in [0.05, 0.1) is 6.10 Å². The van der Waals surface area contributed by atoms with Gasteiger partial charge in [0.2, 0.25) is 0 Å². The highest BCUT2D eigenvalue weighted by atomic mass is 19.4. The molecule has 3 atom stereocenters. The Labute approximate surface area is 193 Å². The molecule has 0 radical (unpaired) electrons. The van der Waals surface area contributed by atoms with Gasteiger partial charge < -0.3 is 9.84 Å². The van der Waals surface area contributed by atoms with Crippen LogP contribution in [0.25, 0.3) is 0 Å². The molecule has 0 aromatic carbocycles. The average molecular weight is 538 g/mol.